The van der Waals surface area contributed by atoms with Gasteiger partial charge in [0.2, 0.25) is 5.78 Å². The molecule has 42 heavy (non-hydrogen) atoms. The van der Waals surface area contributed by atoms with Crippen LogP contribution in [0.2, 0.25) is 0 Å². The molecule has 1 fully saturated rings. The van der Waals surface area contributed by atoms with Crippen LogP contribution >= 0.6 is 0 Å². The van der Waals surface area contributed by atoms with Crippen molar-refractivity contribution in [3.63, 3.8) is 0 Å². The van der Waals surface area contributed by atoms with Gasteiger partial charge in [-0.1, -0.05) is 20.3 Å². The van der Waals surface area contributed by atoms with Gasteiger partial charge in [-0.2, -0.15) is 0 Å². The zero-order valence-corrected chi connectivity index (χ0v) is 24.8. The minimum atomic E-state index is -2.66. The molecule has 1 aromatic rings. The number of nitrogens with zero attached hydrogens (tertiary/aromatic N) is 2. The van der Waals surface area contributed by atoms with Crippen LogP contribution in [0.4, 0.5) is 0 Å². The first-order chi connectivity index (χ1) is 19.7. The number of methoxy groups -OCH3 is 1. The minimum absolute atomic E-state index is 0.00687. The van der Waals surface area contributed by atoms with Gasteiger partial charge in [0.25, 0.3) is 5.91 Å². The van der Waals surface area contributed by atoms with Gasteiger partial charge >= 0.3 is 0 Å². The Labute approximate surface area is 245 Å². The fourth-order valence-corrected chi connectivity index (χ4v) is 7.84. The number of benzene rings is 1. The standard InChI is InChI=1S/C31H41N3O8/c1-14(2)13-34-9-7-6-8-19(34)16-12-20(35)22-17(27(16)42-5)10-15-11-18-24(33(3)4)26(37)23(30(32)40)29(39)31(18,41)28(38)21(15)25(22)36/h12,14-15,18-19,24,35,37-38,41H,6-11,13H2,1-5H3,(H2,32,40)/t15-,18-,19?,24-,31-/m0/s1. The monoisotopic (exact) mass is 583 g/mol. The maximum Gasteiger partial charge on any atom is 0.255 e. The summed E-state index contributed by atoms with van der Waals surface area (Å²) in [5, 5.41) is 45.5. The Kier molecular flexibility index (Phi) is 7.66. The second-order valence-electron chi connectivity index (χ2n) is 12.7. The molecule has 0 saturated carbocycles. The quantitative estimate of drug-likeness (QED) is 0.313. The predicted molar refractivity (Wildman–Crippen MR) is 153 cm³/mol. The highest BCUT2D eigenvalue weighted by molar-refractivity contribution is 6.24. The van der Waals surface area contributed by atoms with E-state index in [2.05, 4.69) is 18.7 Å². The van der Waals surface area contributed by atoms with Crippen LogP contribution in [0.3, 0.4) is 0 Å². The predicted octanol–water partition coefficient (Wildman–Crippen LogP) is 2.31. The zero-order valence-electron chi connectivity index (χ0n) is 24.8. The SMILES string of the molecule is COc1c(C2CCCCN2CC(C)C)cc(O)c2c1C[C@H]1C[C@H]3[C@H](N(C)C)C(O)=C(C(N)=O)C(=O)[C@@]3(O)C(O)=C1C2=O. The van der Waals surface area contributed by atoms with Gasteiger partial charge < -0.3 is 30.9 Å². The highest BCUT2D eigenvalue weighted by Crippen LogP contribution is 2.54. The van der Waals surface area contributed by atoms with E-state index in [9.17, 15) is 34.8 Å². The van der Waals surface area contributed by atoms with Crippen molar-refractivity contribution < 1.29 is 39.5 Å². The number of phenols is 1. The van der Waals surface area contributed by atoms with Gasteiger partial charge in [0, 0.05) is 35.2 Å². The summed E-state index contributed by atoms with van der Waals surface area (Å²) >= 11 is 0. The van der Waals surface area contributed by atoms with Crippen molar-refractivity contribution in [2.75, 3.05) is 34.3 Å². The Morgan fingerprint density at radius 2 is 1.90 bits per heavy atom. The number of amides is 1. The lowest BCUT2D eigenvalue weighted by Gasteiger charge is -2.50. The van der Waals surface area contributed by atoms with Crippen molar-refractivity contribution in [3.05, 3.63) is 45.4 Å². The number of hydrogen-bond donors (Lipinski definition) is 5. The van der Waals surface area contributed by atoms with Crippen LogP contribution in [0.5, 0.6) is 11.5 Å². The number of aliphatic hydroxyl groups is 3. The number of likely N-dealkylation sites (tertiary alicyclic amines) is 1. The Morgan fingerprint density at radius 1 is 1.21 bits per heavy atom. The van der Waals surface area contributed by atoms with E-state index < -0.39 is 58.0 Å². The molecule has 1 saturated heterocycles. The Bertz CT molecular complexity index is 1410. The lowest BCUT2D eigenvalue weighted by atomic mass is 9.58. The topological polar surface area (TPSA) is 174 Å². The van der Waals surface area contributed by atoms with E-state index in [1.807, 2.05) is 0 Å². The largest absolute Gasteiger partial charge is 0.510 e. The average Bonchev–Trinajstić information content (AvgIpc) is 2.90. The van der Waals surface area contributed by atoms with Gasteiger partial charge in [-0.3, -0.25) is 24.2 Å². The summed E-state index contributed by atoms with van der Waals surface area (Å²) < 4.78 is 5.94. The van der Waals surface area contributed by atoms with E-state index in [1.54, 1.807) is 20.2 Å². The highest BCUT2D eigenvalue weighted by Gasteiger charge is 2.63. The Morgan fingerprint density at radius 3 is 2.50 bits per heavy atom. The summed E-state index contributed by atoms with van der Waals surface area (Å²) in [4.78, 5) is 43.6. The molecule has 6 N–H and O–H groups in total. The number of rotatable bonds is 6. The van der Waals surface area contributed by atoms with Crippen molar-refractivity contribution in [2.24, 2.45) is 23.5 Å². The molecule has 0 bridgehead atoms. The summed E-state index contributed by atoms with van der Waals surface area (Å²) in [7, 11) is 4.75. The first kappa shape index (κ1) is 30.1. The maximum absolute atomic E-state index is 14.0. The molecule has 1 unspecified atom stereocenters. The average molecular weight is 584 g/mol. The van der Waals surface area contributed by atoms with Crippen molar-refractivity contribution >= 4 is 17.5 Å². The van der Waals surface area contributed by atoms with E-state index in [-0.39, 0.29) is 35.8 Å². The number of primary amides is 1. The van der Waals surface area contributed by atoms with Gasteiger partial charge in [-0.25, -0.2) is 0 Å². The Hall–Kier alpha value is -3.41. The number of Topliss-reactive ketones (excluding diaryl/α,β-unsaturated/α-hetero) is 2. The third-order valence-electron chi connectivity index (χ3n) is 9.48. The van der Waals surface area contributed by atoms with Crippen LogP contribution in [-0.4, -0.2) is 93.6 Å². The molecule has 228 valence electrons. The number of carbonyl (C=O) groups excluding carboxylic acids is 3. The number of aliphatic hydroxyl groups excluding tert-OH is 2. The number of nitrogens with two attached hydrogens (primary N) is 1. The highest BCUT2D eigenvalue weighted by atomic mass is 16.5. The van der Waals surface area contributed by atoms with Crippen molar-refractivity contribution in [1.82, 2.24) is 9.80 Å². The third kappa shape index (κ3) is 4.32. The van der Waals surface area contributed by atoms with Crippen molar-refractivity contribution in [2.45, 2.75) is 63.6 Å². The van der Waals surface area contributed by atoms with E-state index in [1.165, 1.54) is 12.0 Å². The number of hydrogen-bond acceptors (Lipinski definition) is 10. The third-order valence-corrected chi connectivity index (χ3v) is 9.48. The van der Waals surface area contributed by atoms with Crippen LogP contribution in [0, 0.1) is 17.8 Å². The molecule has 1 heterocycles. The molecule has 1 aliphatic heterocycles. The smallest absolute Gasteiger partial charge is 0.255 e. The maximum atomic E-state index is 14.0. The lowest BCUT2D eigenvalue weighted by molar-refractivity contribution is -0.148. The van der Waals surface area contributed by atoms with Crippen LogP contribution < -0.4 is 10.5 Å². The van der Waals surface area contributed by atoms with Crippen LogP contribution in [0.15, 0.2) is 28.7 Å². The molecule has 5 rings (SSSR count). The van der Waals surface area contributed by atoms with Crippen molar-refractivity contribution in [3.8, 4) is 11.5 Å². The second-order valence-corrected chi connectivity index (χ2v) is 12.7. The molecule has 4 aliphatic rings. The molecular formula is C31H41N3O8. The number of ketones is 2. The molecule has 11 nitrogen and oxygen atoms in total. The molecule has 1 amide bonds. The van der Waals surface area contributed by atoms with E-state index in [4.69, 9.17) is 10.5 Å². The first-order valence-electron chi connectivity index (χ1n) is 14.6. The van der Waals surface area contributed by atoms with Gasteiger partial charge in [0.15, 0.2) is 11.4 Å². The first-order valence-corrected chi connectivity index (χ1v) is 14.6. The number of likely N-dealkylation sites (N-methyl/N-ethyl adjacent to an activating group) is 1. The summed E-state index contributed by atoms with van der Waals surface area (Å²) in [5.41, 5.74) is 3.01. The lowest BCUT2D eigenvalue weighted by Crippen LogP contribution is -2.63. The summed E-state index contributed by atoms with van der Waals surface area (Å²) in [6.07, 6.45) is 3.19. The summed E-state index contributed by atoms with van der Waals surface area (Å²) in [6, 6.07) is 0.521. The van der Waals surface area contributed by atoms with Crippen LogP contribution in [-0.2, 0) is 16.0 Å². The number of piperidine rings is 1. The number of aromatic hydroxyl groups is 1. The summed E-state index contributed by atoms with van der Waals surface area (Å²) in [6.45, 7) is 6.11. The molecule has 1 aromatic carbocycles. The molecule has 0 spiro atoms. The van der Waals surface area contributed by atoms with Gasteiger partial charge in [-0.15, -0.1) is 0 Å². The van der Waals surface area contributed by atoms with Gasteiger partial charge in [-0.05, 0) is 64.2 Å². The number of carbonyl (C=O) groups is 3. The molecular weight excluding hydrogens is 542 g/mol. The molecule has 0 radical (unpaired) electrons. The number of ether oxygens (including phenoxy) is 1. The van der Waals surface area contributed by atoms with E-state index in [0.29, 0.717) is 17.2 Å². The number of phenolic OH excluding ortho intramolecular Hbond substituents is 1. The van der Waals surface area contributed by atoms with E-state index >= 15 is 0 Å². The molecule has 5 atom stereocenters. The number of fused-ring (bicyclic) bond motifs is 3. The minimum Gasteiger partial charge on any atom is -0.510 e. The van der Waals surface area contributed by atoms with Crippen molar-refractivity contribution in [1.29, 1.82) is 0 Å². The van der Waals surface area contributed by atoms with Crippen LogP contribution in [0.1, 0.15) is 67.1 Å². The van der Waals surface area contributed by atoms with Gasteiger partial charge in [0.1, 0.15) is 28.6 Å². The normalized spacial score (nSPS) is 30.0. The second kappa shape index (κ2) is 10.7. The fourth-order valence-electron chi connectivity index (χ4n) is 7.84. The zero-order chi connectivity index (χ0) is 30.8. The summed E-state index contributed by atoms with van der Waals surface area (Å²) in [5.74, 6) is -5.73. The van der Waals surface area contributed by atoms with Crippen LogP contribution in [0.25, 0.3) is 0 Å². The molecule has 3 aliphatic carbocycles. The van der Waals surface area contributed by atoms with Gasteiger partial charge in [0.05, 0.1) is 18.7 Å². The van der Waals surface area contributed by atoms with E-state index in [0.717, 1.165) is 37.9 Å². The number of allylic oxidation sites excluding steroid dienone is 1. The Balaban J connectivity index is 1.67. The molecule has 11 heteroatoms. The molecule has 0 aromatic heterocycles. The fraction of sp³-hybridized carbons (Fsp3) is 0.581.